The van der Waals surface area contributed by atoms with E-state index in [1.807, 2.05) is 0 Å². The van der Waals surface area contributed by atoms with Gasteiger partial charge >= 0.3 is 0 Å². The van der Waals surface area contributed by atoms with Crippen LogP contribution in [0.15, 0.2) is 36.5 Å². The van der Waals surface area contributed by atoms with E-state index in [-0.39, 0.29) is 13.2 Å². The van der Waals surface area contributed by atoms with E-state index in [0.29, 0.717) is 34.7 Å². The van der Waals surface area contributed by atoms with Crippen LogP contribution in [-0.4, -0.2) is 63.1 Å². The number of aryl methyl sites for hydroxylation is 1. The van der Waals surface area contributed by atoms with Crippen LogP contribution in [0.1, 0.15) is 0 Å². The minimum absolute atomic E-state index is 0.108. The number of aliphatic hydroxyl groups excluding tert-OH is 1. The Morgan fingerprint density at radius 2 is 2.18 bits per heavy atom. The van der Waals surface area contributed by atoms with Crippen LogP contribution in [0.5, 0.6) is 0 Å². The first-order valence-electron chi connectivity index (χ1n) is 8.41. The second-order valence-corrected chi connectivity index (χ2v) is 6.00. The Hall–Kier alpha value is -3.24. The van der Waals surface area contributed by atoms with Crippen LogP contribution in [0.2, 0.25) is 0 Å². The number of methoxy groups -OCH3 is 1. The number of ether oxygens (including phenoxy) is 1. The Bertz CT molecular complexity index is 943. The lowest BCUT2D eigenvalue weighted by Crippen LogP contribution is -2.34. The summed E-state index contributed by atoms with van der Waals surface area (Å²) in [5, 5.41) is 20.9. The quantitative estimate of drug-likeness (QED) is 0.577. The van der Waals surface area contributed by atoms with E-state index in [1.54, 1.807) is 31.3 Å². The summed E-state index contributed by atoms with van der Waals surface area (Å²) in [5.74, 6) is -0.127. The second-order valence-electron chi connectivity index (χ2n) is 6.00. The molecule has 1 amide bonds. The molecule has 1 unspecified atom stereocenters. The van der Waals surface area contributed by atoms with Crippen molar-refractivity contribution >= 4 is 12.1 Å². The molecule has 0 radical (unpaired) electrons. The van der Waals surface area contributed by atoms with Gasteiger partial charge in [0.15, 0.2) is 0 Å². The molecule has 3 aromatic rings. The van der Waals surface area contributed by atoms with Crippen molar-refractivity contribution in [2.45, 2.75) is 6.10 Å². The van der Waals surface area contributed by atoms with E-state index in [2.05, 4.69) is 20.4 Å². The van der Waals surface area contributed by atoms with Gasteiger partial charge < -0.3 is 14.7 Å². The number of aromatic nitrogens is 5. The van der Waals surface area contributed by atoms with Gasteiger partial charge in [0.05, 0.1) is 26.3 Å². The Morgan fingerprint density at radius 3 is 2.71 bits per heavy atom. The number of halogens is 1. The molecule has 0 aliphatic heterocycles. The normalized spacial score (nSPS) is 12.0. The van der Waals surface area contributed by atoms with Gasteiger partial charge in [-0.2, -0.15) is 4.80 Å². The van der Waals surface area contributed by atoms with Crippen LogP contribution < -0.4 is 4.90 Å². The zero-order valence-electron chi connectivity index (χ0n) is 15.4. The van der Waals surface area contributed by atoms with Crippen LogP contribution in [0.3, 0.4) is 0 Å². The van der Waals surface area contributed by atoms with Crippen molar-refractivity contribution in [3.63, 3.8) is 0 Å². The summed E-state index contributed by atoms with van der Waals surface area (Å²) < 4.78 is 19.7. The fourth-order valence-corrected chi connectivity index (χ4v) is 2.62. The Kier molecular flexibility index (Phi) is 6.02. The van der Waals surface area contributed by atoms with Crippen molar-refractivity contribution in [3.05, 3.63) is 42.3 Å². The van der Waals surface area contributed by atoms with Crippen molar-refractivity contribution in [1.82, 2.24) is 25.2 Å². The molecule has 0 aliphatic rings. The van der Waals surface area contributed by atoms with E-state index in [0.717, 1.165) is 0 Å². The lowest BCUT2D eigenvalue weighted by Gasteiger charge is -2.22. The molecule has 1 atom stereocenters. The van der Waals surface area contributed by atoms with Gasteiger partial charge in [-0.3, -0.25) is 9.78 Å². The average Bonchev–Trinajstić information content (AvgIpc) is 3.15. The molecule has 3 rings (SSSR count). The first-order valence-corrected chi connectivity index (χ1v) is 8.41. The van der Waals surface area contributed by atoms with Gasteiger partial charge in [0.1, 0.15) is 11.5 Å². The van der Waals surface area contributed by atoms with Gasteiger partial charge in [0.2, 0.25) is 12.2 Å². The molecule has 9 nitrogen and oxygen atoms in total. The molecule has 2 aromatic heterocycles. The minimum atomic E-state index is -0.556. The van der Waals surface area contributed by atoms with Crippen molar-refractivity contribution in [1.29, 1.82) is 0 Å². The first-order chi connectivity index (χ1) is 13.5. The predicted molar refractivity (Wildman–Crippen MR) is 98.7 cm³/mol. The van der Waals surface area contributed by atoms with Crippen LogP contribution in [-0.2, 0) is 16.6 Å². The third-order valence-corrected chi connectivity index (χ3v) is 4.16. The predicted octanol–water partition coefficient (Wildman–Crippen LogP) is 1.05. The van der Waals surface area contributed by atoms with E-state index >= 15 is 0 Å². The molecule has 0 bridgehead atoms. The third-order valence-electron chi connectivity index (χ3n) is 4.16. The smallest absolute Gasteiger partial charge is 0.223 e. The molecule has 0 saturated heterocycles. The maximum absolute atomic E-state index is 14.7. The van der Waals surface area contributed by atoms with E-state index in [1.165, 1.54) is 29.1 Å². The van der Waals surface area contributed by atoms with Gasteiger partial charge in [0, 0.05) is 30.1 Å². The molecule has 0 spiro atoms. The summed E-state index contributed by atoms with van der Waals surface area (Å²) >= 11 is 0. The highest BCUT2D eigenvalue weighted by atomic mass is 19.1. The molecule has 10 heteroatoms. The van der Waals surface area contributed by atoms with Crippen molar-refractivity contribution in [2.75, 3.05) is 25.2 Å². The summed E-state index contributed by atoms with van der Waals surface area (Å²) in [4.78, 5) is 18.2. The average molecular weight is 386 g/mol. The molecule has 1 N–H and O–H groups in total. The number of rotatable bonds is 8. The third kappa shape index (κ3) is 4.18. The van der Waals surface area contributed by atoms with Gasteiger partial charge in [0.25, 0.3) is 0 Å². The Balaban J connectivity index is 1.82. The zero-order valence-corrected chi connectivity index (χ0v) is 15.4. The van der Waals surface area contributed by atoms with Crippen LogP contribution in [0.4, 0.5) is 10.1 Å². The topological polar surface area (TPSA) is 106 Å². The number of pyridine rings is 1. The Labute approximate surface area is 160 Å². The molecule has 0 saturated carbocycles. The molecular weight excluding hydrogens is 367 g/mol. The highest BCUT2D eigenvalue weighted by molar-refractivity contribution is 5.77. The second kappa shape index (κ2) is 8.63. The van der Waals surface area contributed by atoms with Crippen molar-refractivity contribution in [2.24, 2.45) is 7.05 Å². The fourth-order valence-electron chi connectivity index (χ4n) is 2.62. The van der Waals surface area contributed by atoms with Crippen LogP contribution in [0.25, 0.3) is 22.6 Å². The summed E-state index contributed by atoms with van der Waals surface area (Å²) in [6.45, 7) is -0.142. The van der Waals surface area contributed by atoms with Gasteiger partial charge in [-0.1, -0.05) is 6.07 Å². The fraction of sp³-hybridized carbons (Fsp3) is 0.278. The summed E-state index contributed by atoms with van der Waals surface area (Å²) in [6.07, 6.45) is 1.54. The summed E-state index contributed by atoms with van der Waals surface area (Å²) in [5.41, 5.74) is 1.79. The van der Waals surface area contributed by atoms with Gasteiger partial charge in [-0.15, -0.1) is 10.2 Å². The van der Waals surface area contributed by atoms with E-state index < -0.39 is 11.9 Å². The number of anilines is 1. The molecule has 1 aromatic carbocycles. The number of amides is 1. The van der Waals surface area contributed by atoms with Gasteiger partial charge in [-0.25, -0.2) is 4.39 Å². The molecule has 0 fully saturated rings. The van der Waals surface area contributed by atoms with Crippen molar-refractivity contribution < 1.29 is 19.0 Å². The lowest BCUT2D eigenvalue weighted by atomic mass is 10.1. The molecule has 0 aliphatic carbocycles. The monoisotopic (exact) mass is 386 g/mol. The SMILES string of the molecule is COC(CO)CN(C=O)c1ccc(-c2ccc(-c3nnn(C)n3)nc2)c(F)c1. The standard InChI is InChI=1S/C18H19FN6O3/c1-24-22-18(21-23-24)17-6-3-12(8-20-17)15-5-4-13(7-16(15)19)25(11-27)9-14(10-26)28-2/h3-8,11,14,26H,9-10H2,1-2H3. The first kappa shape index (κ1) is 19.5. The molecule has 2 heterocycles. The van der Waals surface area contributed by atoms with E-state index in [9.17, 15) is 14.3 Å². The summed E-state index contributed by atoms with van der Waals surface area (Å²) in [7, 11) is 3.08. The van der Waals surface area contributed by atoms with Gasteiger partial charge in [-0.05, 0) is 29.5 Å². The molecular formula is C18H19FN6O3. The largest absolute Gasteiger partial charge is 0.394 e. The maximum atomic E-state index is 14.7. The van der Waals surface area contributed by atoms with Crippen LogP contribution >= 0.6 is 0 Å². The van der Waals surface area contributed by atoms with E-state index in [4.69, 9.17) is 4.74 Å². The minimum Gasteiger partial charge on any atom is -0.394 e. The van der Waals surface area contributed by atoms with Crippen LogP contribution in [0, 0.1) is 5.82 Å². The highest BCUT2D eigenvalue weighted by Gasteiger charge is 2.16. The highest BCUT2D eigenvalue weighted by Crippen LogP contribution is 2.27. The number of aliphatic hydroxyl groups is 1. The number of carbonyl (C=O) groups excluding carboxylic acids is 1. The Morgan fingerprint density at radius 1 is 1.36 bits per heavy atom. The number of tetrazole rings is 1. The molecule has 28 heavy (non-hydrogen) atoms. The number of benzene rings is 1. The van der Waals surface area contributed by atoms with Crippen molar-refractivity contribution in [3.8, 4) is 22.6 Å². The lowest BCUT2D eigenvalue weighted by molar-refractivity contribution is -0.107. The number of hydrogen-bond acceptors (Lipinski definition) is 7. The number of nitrogens with zero attached hydrogens (tertiary/aromatic N) is 6. The maximum Gasteiger partial charge on any atom is 0.223 e. The molecule has 146 valence electrons. The zero-order chi connectivity index (χ0) is 20.1. The number of hydrogen-bond donors (Lipinski definition) is 1. The summed E-state index contributed by atoms with van der Waals surface area (Å²) in [6, 6.07) is 7.84. The number of carbonyl (C=O) groups is 1.